The molecule has 1 atom stereocenters. The Bertz CT molecular complexity index is 754. The molecule has 0 aromatic heterocycles. The predicted molar refractivity (Wildman–Crippen MR) is 105 cm³/mol. The Morgan fingerprint density at radius 2 is 1.77 bits per heavy atom. The fourth-order valence-corrected chi connectivity index (χ4v) is 2.86. The Hall–Kier alpha value is -2.17. The summed E-state index contributed by atoms with van der Waals surface area (Å²) in [5.41, 5.74) is 4.08. The van der Waals surface area contributed by atoms with Gasteiger partial charge in [-0.15, -0.1) is 0 Å². The molecule has 2 aromatic rings. The molecule has 0 saturated carbocycles. The maximum absolute atomic E-state index is 13.1. The van der Waals surface area contributed by atoms with Crippen LogP contribution in [0.4, 0.5) is 0 Å². The molecule has 1 unspecified atom stereocenters. The van der Waals surface area contributed by atoms with Gasteiger partial charge in [0.1, 0.15) is 18.5 Å². The van der Waals surface area contributed by atoms with Gasteiger partial charge in [-0.3, -0.25) is 4.79 Å². The Morgan fingerprint density at radius 3 is 2.38 bits per heavy atom. The SMILES string of the molecule is Cc1cc(C)c(C(=O)c2ccccc2)c(OCC(O)CNC(C)C)c1C. The third-order valence-corrected chi connectivity index (χ3v) is 4.43. The predicted octanol–water partition coefficient (Wildman–Crippen LogP) is 3.58. The minimum absolute atomic E-state index is 0.0593. The number of hydrogen-bond acceptors (Lipinski definition) is 4. The monoisotopic (exact) mass is 355 g/mol. The van der Waals surface area contributed by atoms with Gasteiger partial charge in [-0.2, -0.15) is 0 Å². The van der Waals surface area contributed by atoms with Gasteiger partial charge in [0.2, 0.25) is 0 Å². The number of carbonyl (C=O) groups excluding carboxylic acids is 1. The second kappa shape index (κ2) is 8.97. The first-order chi connectivity index (χ1) is 12.3. The summed E-state index contributed by atoms with van der Waals surface area (Å²) in [5.74, 6) is 0.510. The highest BCUT2D eigenvalue weighted by Crippen LogP contribution is 2.31. The standard InChI is InChI=1S/C22H29NO3/c1-14(2)23-12-19(24)13-26-22-17(5)15(3)11-16(4)20(22)21(25)18-9-7-6-8-10-18/h6-11,14,19,23-24H,12-13H2,1-5H3. The maximum Gasteiger partial charge on any atom is 0.197 e. The first kappa shape index (κ1) is 20.1. The molecule has 2 aromatic carbocycles. The molecule has 0 saturated heterocycles. The second-order valence-electron chi connectivity index (χ2n) is 7.06. The van der Waals surface area contributed by atoms with E-state index in [1.54, 1.807) is 0 Å². The van der Waals surface area contributed by atoms with Crippen molar-refractivity contribution in [3.8, 4) is 5.75 Å². The molecule has 4 heteroatoms. The van der Waals surface area contributed by atoms with E-state index < -0.39 is 6.10 Å². The van der Waals surface area contributed by atoms with Crippen LogP contribution in [-0.4, -0.2) is 36.2 Å². The Labute approximate surface area is 156 Å². The zero-order valence-corrected chi connectivity index (χ0v) is 16.3. The summed E-state index contributed by atoms with van der Waals surface area (Å²) in [4.78, 5) is 13.1. The van der Waals surface area contributed by atoms with Crippen LogP contribution < -0.4 is 10.1 Å². The van der Waals surface area contributed by atoms with Gasteiger partial charge in [0.25, 0.3) is 0 Å². The van der Waals surface area contributed by atoms with Gasteiger partial charge < -0.3 is 15.2 Å². The fraction of sp³-hybridized carbons (Fsp3) is 0.409. The number of aliphatic hydroxyl groups is 1. The Morgan fingerprint density at radius 1 is 1.12 bits per heavy atom. The van der Waals surface area contributed by atoms with Crippen molar-refractivity contribution in [3.63, 3.8) is 0 Å². The van der Waals surface area contributed by atoms with E-state index in [2.05, 4.69) is 5.32 Å². The van der Waals surface area contributed by atoms with E-state index in [-0.39, 0.29) is 12.4 Å². The summed E-state index contributed by atoms with van der Waals surface area (Å²) in [6, 6.07) is 11.5. The molecule has 0 aliphatic rings. The van der Waals surface area contributed by atoms with Gasteiger partial charge in [-0.1, -0.05) is 50.2 Å². The van der Waals surface area contributed by atoms with Gasteiger partial charge in [-0.05, 0) is 37.5 Å². The van der Waals surface area contributed by atoms with Crippen LogP contribution in [0.25, 0.3) is 0 Å². The number of ketones is 1. The lowest BCUT2D eigenvalue weighted by Gasteiger charge is -2.20. The van der Waals surface area contributed by atoms with Crippen molar-refractivity contribution in [2.45, 2.75) is 46.8 Å². The molecule has 0 amide bonds. The van der Waals surface area contributed by atoms with Crippen molar-refractivity contribution in [2.24, 2.45) is 0 Å². The first-order valence-corrected chi connectivity index (χ1v) is 9.06. The molecule has 26 heavy (non-hydrogen) atoms. The van der Waals surface area contributed by atoms with Crippen molar-refractivity contribution in [2.75, 3.05) is 13.2 Å². The molecule has 0 spiro atoms. The lowest BCUT2D eigenvalue weighted by atomic mass is 9.93. The molecule has 0 fully saturated rings. The number of rotatable bonds is 8. The average molecular weight is 355 g/mol. The molecule has 0 bridgehead atoms. The van der Waals surface area contributed by atoms with Crippen LogP contribution in [0.2, 0.25) is 0 Å². The second-order valence-corrected chi connectivity index (χ2v) is 7.06. The zero-order chi connectivity index (χ0) is 19.3. The van der Waals surface area contributed by atoms with Crippen LogP contribution in [0, 0.1) is 20.8 Å². The quantitative estimate of drug-likeness (QED) is 0.711. The van der Waals surface area contributed by atoms with Crippen molar-refractivity contribution < 1.29 is 14.6 Å². The molecule has 4 nitrogen and oxygen atoms in total. The first-order valence-electron chi connectivity index (χ1n) is 9.06. The molecule has 0 heterocycles. The summed E-state index contributed by atoms with van der Waals surface area (Å²) in [7, 11) is 0. The van der Waals surface area contributed by atoms with Crippen LogP contribution in [0.5, 0.6) is 5.75 Å². The summed E-state index contributed by atoms with van der Waals surface area (Å²) in [5, 5.41) is 13.3. The van der Waals surface area contributed by atoms with E-state index in [4.69, 9.17) is 4.74 Å². The lowest BCUT2D eigenvalue weighted by Crippen LogP contribution is -2.35. The van der Waals surface area contributed by atoms with E-state index in [0.717, 1.165) is 16.7 Å². The molecular formula is C22H29NO3. The molecule has 0 aliphatic carbocycles. The minimum atomic E-state index is -0.641. The highest BCUT2D eigenvalue weighted by molar-refractivity contribution is 6.12. The number of carbonyl (C=O) groups is 1. The van der Waals surface area contributed by atoms with E-state index in [1.165, 1.54) is 0 Å². The Kier molecular flexibility index (Phi) is 6.95. The zero-order valence-electron chi connectivity index (χ0n) is 16.3. The minimum Gasteiger partial charge on any atom is -0.490 e. The summed E-state index contributed by atoms with van der Waals surface area (Å²) in [6.07, 6.45) is -0.641. The lowest BCUT2D eigenvalue weighted by molar-refractivity contribution is 0.0978. The van der Waals surface area contributed by atoms with Crippen LogP contribution >= 0.6 is 0 Å². The number of benzene rings is 2. The summed E-state index contributed by atoms with van der Waals surface area (Å²) < 4.78 is 5.96. The number of aryl methyl sites for hydroxylation is 2. The normalized spacial score (nSPS) is 12.3. The van der Waals surface area contributed by atoms with E-state index in [9.17, 15) is 9.90 Å². The third-order valence-electron chi connectivity index (χ3n) is 4.43. The van der Waals surface area contributed by atoms with Crippen molar-refractivity contribution in [3.05, 3.63) is 64.2 Å². The summed E-state index contributed by atoms with van der Waals surface area (Å²) >= 11 is 0. The largest absolute Gasteiger partial charge is 0.490 e. The fourth-order valence-electron chi connectivity index (χ4n) is 2.86. The summed E-state index contributed by atoms with van der Waals surface area (Å²) in [6.45, 7) is 10.5. The van der Waals surface area contributed by atoms with Gasteiger partial charge in [0.15, 0.2) is 5.78 Å². The van der Waals surface area contributed by atoms with Gasteiger partial charge in [-0.25, -0.2) is 0 Å². The van der Waals surface area contributed by atoms with E-state index >= 15 is 0 Å². The van der Waals surface area contributed by atoms with Crippen molar-refractivity contribution >= 4 is 5.78 Å². The smallest absolute Gasteiger partial charge is 0.197 e. The topological polar surface area (TPSA) is 58.6 Å². The number of hydrogen-bond donors (Lipinski definition) is 2. The number of nitrogens with one attached hydrogen (secondary N) is 1. The van der Waals surface area contributed by atoms with Crippen LogP contribution in [-0.2, 0) is 0 Å². The molecular weight excluding hydrogens is 326 g/mol. The molecule has 0 aliphatic heterocycles. The highest BCUT2D eigenvalue weighted by atomic mass is 16.5. The van der Waals surface area contributed by atoms with Crippen LogP contribution in [0.1, 0.15) is 46.5 Å². The van der Waals surface area contributed by atoms with Gasteiger partial charge >= 0.3 is 0 Å². The van der Waals surface area contributed by atoms with Crippen molar-refractivity contribution in [1.82, 2.24) is 5.32 Å². The van der Waals surface area contributed by atoms with E-state index in [0.29, 0.717) is 29.5 Å². The third kappa shape index (κ3) is 4.93. The molecule has 140 valence electrons. The van der Waals surface area contributed by atoms with Gasteiger partial charge in [0.05, 0.1) is 5.56 Å². The molecule has 0 radical (unpaired) electrons. The van der Waals surface area contributed by atoms with E-state index in [1.807, 2.05) is 71.0 Å². The van der Waals surface area contributed by atoms with Crippen LogP contribution in [0.15, 0.2) is 36.4 Å². The molecule has 2 rings (SSSR count). The Balaban J connectivity index is 2.31. The highest BCUT2D eigenvalue weighted by Gasteiger charge is 2.21. The van der Waals surface area contributed by atoms with Gasteiger partial charge in [0, 0.05) is 18.2 Å². The average Bonchev–Trinajstić information content (AvgIpc) is 2.61. The molecule has 2 N–H and O–H groups in total. The van der Waals surface area contributed by atoms with Crippen LogP contribution in [0.3, 0.4) is 0 Å². The number of ether oxygens (including phenoxy) is 1. The van der Waals surface area contributed by atoms with Crippen molar-refractivity contribution in [1.29, 1.82) is 0 Å². The maximum atomic E-state index is 13.1. The number of aliphatic hydroxyl groups excluding tert-OH is 1.